The Bertz CT molecular complexity index is 829. The molecule has 13 heteroatoms. The zero-order valence-electron chi connectivity index (χ0n) is 18.4. The smallest absolute Gasteiger partial charge is 0.211 e. The van der Waals surface area contributed by atoms with Gasteiger partial charge < -0.3 is 59.4 Å². The third kappa shape index (κ3) is 4.10. The highest BCUT2D eigenvalue weighted by atomic mass is 16.8. The summed E-state index contributed by atoms with van der Waals surface area (Å²) in [7, 11) is 0. The second kappa shape index (κ2) is 9.52. The van der Waals surface area contributed by atoms with Crippen LogP contribution in [0.5, 0.6) is 0 Å². The zero-order valence-corrected chi connectivity index (χ0v) is 18.4. The SMILES string of the molecule is CC1=CC(=O)[C@]2(OC3O[C@@H](C)[C@H](O)[C@@H](O)[C@H]3O)C=CO[C@@H](O[C@@H]3O[C@H](CO)[C@@H](O)[C@H](O)[C@H]3O)[C@H]12. The van der Waals surface area contributed by atoms with Gasteiger partial charge in [-0.1, -0.05) is 5.57 Å². The van der Waals surface area contributed by atoms with Crippen LogP contribution in [0.4, 0.5) is 0 Å². The zero-order chi connectivity index (χ0) is 24.9. The highest BCUT2D eigenvalue weighted by Gasteiger charge is 2.59. The number of aliphatic hydroxyl groups is 7. The van der Waals surface area contributed by atoms with Crippen LogP contribution in [0.2, 0.25) is 0 Å². The molecule has 0 amide bonds. The second-order valence-corrected chi connectivity index (χ2v) is 8.96. The van der Waals surface area contributed by atoms with Gasteiger partial charge in [0.1, 0.15) is 42.7 Å². The molecule has 3 aliphatic heterocycles. The minimum atomic E-state index is -1.78. The molecule has 1 unspecified atom stereocenters. The number of ether oxygens (including phenoxy) is 5. The molecule has 34 heavy (non-hydrogen) atoms. The van der Waals surface area contributed by atoms with Crippen LogP contribution in [-0.2, 0) is 28.5 Å². The highest BCUT2D eigenvalue weighted by Crippen LogP contribution is 2.45. The molecule has 0 saturated carbocycles. The fourth-order valence-corrected chi connectivity index (χ4v) is 4.70. The average Bonchev–Trinajstić information content (AvgIpc) is 3.06. The Morgan fingerprint density at radius 3 is 2.24 bits per heavy atom. The van der Waals surface area contributed by atoms with Gasteiger partial charge in [-0.05, 0) is 26.0 Å². The van der Waals surface area contributed by atoms with Gasteiger partial charge in [0.25, 0.3) is 0 Å². The van der Waals surface area contributed by atoms with Gasteiger partial charge in [0.15, 0.2) is 24.0 Å². The van der Waals surface area contributed by atoms with Crippen molar-refractivity contribution in [2.24, 2.45) is 5.92 Å². The maximum atomic E-state index is 13.0. The molecule has 1 aliphatic carbocycles. The minimum absolute atomic E-state index is 0.461. The third-order valence-electron chi connectivity index (χ3n) is 6.73. The van der Waals surface area contributed by atoms with E-state index in [1.54, 1.807) is 6.92 Å². The molecule has 0 aromatic rings. The van der Waals surface area contributed by atoms with Crippen molar-refractivity contribution in [3.8, 4) is 0 Å². The van der Waals surface area contributed by atoms with Crippen LogP contribution < -0.4 is 0 Å². The van der Waals surface area contributed by atoms with Gasteiger partial charge in [-0.3, -0.25) is 4.79 Å². The fraction of sp³-hybridized carbons (Fsp3) is 0.762. The summed E-state index contributed by atoms with van der Waals surface area (Å²) < 4.78 is 28.1. The van der Waals surface area contributed by atoms with Crippen molar-refractivity contribution in [2.75, 3.05) is 6.61 Å². The summed E-state index contributed by atoms with van der Waals surface area (Å²) in [5.74, 6) is -1.49. The number of ketones is 1. The highest BCUT2D eigenvalue weighted by molar-refractivity contribution is 6.03. The molecule has 3 heterocycles. The van der Waals surface area contributed by atoms with E-state index in [0.717, 1.165) is 6.26 Å². The predicted octanol–water partition coefficient (Wildman–Crippen LogP) is -3.60. The van der Waals surface area contributed by atoms with E-state index in [1.165, 1.54) is 19.1 Å². The van der Waals surface area contributed by atoms with Gasteiger partial charge in [0, 0.05) is 0 Å². The van der Waals surface area contributed by atoms with Crippen molar-refractivity contribution < 1.29 is 64.2 Å². The van der Waals surface area contributed by atoms with Crippen molar-refractivity contribution >= 4 is 5.78 Å². The Labute approximate surface area is 194 Å². The lowest BCUT2D eigenvalue weighted by molar-refractivity contribution is -0.353. The van der Waals surface area contributed by atoms with E-state index < -0.39 is 91.6 Å². The first-order valence-corrected chi connectivity index (χ1v) is 10.9. The maximum absolute atomic E-state index is 13.0. The number of hydrogen-bond acceptors (Lipinski definition) is 13. The molecule has 7 N–H and O–H groups in total. The van der Waals surface area contributed by atoms with E-state index in [-0.39, 0.29) is 0 Å². The first kappa shape index (κ1) is 25.6. The van der Waals surface area contributed by atoms with Crippen LogP contribution >= 0.6 is 0 Å². The molecule has 0 bridgehead atoms. The number of hydrogen-bond donors (Lipinski definition) is 7. The molecule has 0 aromatic heterocycles. The number of carbonyl (C=O) groups excluding carboxylic acids is 1. The average molecular weight is 490 g/mol. The predicted molar refractivity (Wildman–Crippen MR) is 107 cm³/mol. The summed E-state index contributed by atoms with van der Waals surface area (Å²) in [6.45, 7) is 2.42. The van der Waals surface area contributed by atoms with E-state index in [1.807, 2.05) is 0 Å². The lowest BCUT2D eigenvalue weighted by Crippen LogP contribution is -2.63. The summed E-state index contributed by atoms with van der Waals surface area (Å²) in [5, 5.41) is 70.2. The van der Waals surface area contributed by atoms with Gasteiger partial charge in [0.05, 0.1) is 24.9 Å². The van der Waals surface area contributed by atoms with Crippen molar-refractivity contribution in [3.05, 3.63) is 24.0 Å². The Kier molecular flexibility index (Phi) is 7.17. The Morgan fingerprint density at radius 2 is 1.56 bits per heavy atom. The third-order valence-corrected chi connectivity index (χ3v) is 6.73. The molecule has 13 atom stereocenters. The Morgan fingerprint density at radius 1 is 0.912 bits per heavy atom. The summed E-state index contributed by atoms with van der Waals surface area (Å²) in [6.07, 6.45) is -12.3. The molecule has 0 radical (unpaired) electrons. The van der Waals surface area contributed by atoms with E-state index in [9.17, 15) is 40.5 Å². The fourth-order valence-electron chi connectivity index (χ4n) is 4.70. The topological polar surface area (TPSA) is 205 Å². The normalized spacial score (nSPS) is 51.1. The summed E-state index contributed by atoms with van der Waals surface area (Å²) in [4.78, 5) is 13.0. The largest absolute Gasteiger partial charge is 0.472 e. The number of fused-ring (bicyclic) bond motifs is 1. The Balaban J connectivity index is 1.58. The van der Waals surface area contributed by atoms with Crippen LogP contribution in [0.25, 0.3) is 0 Å². The van der Waals surface area contributed by atoms with Gasteiger partial charge >= 0.3 is 0 Å². The molecule has 4 aliphatic rings. The lowest BCUT2D eigenvalue weighted by atomic mass is 9.83. The number of aliphatic hydroxyl groups excluding tert-OH is 7. The first-order valence-electron chi connectivity index (χ1n) is 10.9. The van der Waals surface area contributed by atoms with E-state index in [2.05, 4.69) is 0 Å². The van der Waals surface area contributed by atoms with E-state index in [4.69, 9.17) is 23.7 Å². The van der Waals surface area contributed by atoms with Crippen LogP contribution in [0.15, 0.2) is 24.0 Å². The summed E-state index contributed by atoms with van der Waals surface area (Å²) in [6, 6.07) is 0. The van der Waals surface area contributed by atoms with Crippen molar-refractivity contribution in [3.63, 3.8) is 0 Å². The lowest BCUT2D eigenvalue weighted by Gasteiger charge is -2.46. The first-order chi connectivity index (χ1) is 16.0. The van der Waals surface area contributed by atoms with Crippen molar-refractivity contribution in [1.29, 1.82) is 0 Å². The van der Waals surface area contributed by atoms with Gasteiger partial charge in [0.2, 0.25) is 6.29 Å². The number of rotatable bonds is 5. The molecule has 0 spiro atoms. The van der Waals surface area contributed by atoms with Gasteiger partial charge in [-0.15, -0.1) is 0 Å². The maximum Gasteiger partial charge on any atom is 0.211 e. The molecule has 0 aromatic carbocycles. The molecule has 13 nitrogen and oxygen atoms in total. The molecule has 192 valence electrons. The van der Waals surface area contributed by atoms with E-state index >= 15 is 0 Å². The van der Waals surface area contributed by atoms with Crippen molar-refractivity contribution in [1.82, 2.24) is 0 Å². The Hall–Kier alpha value is -1.49. The van der Waals surface area contributed by atoms with Gasteiger partial charge in [-0.25, -0.2) is 0 Å². The molecule has 4 rings (SSSR count). The van der Waals surface area contributed by atoms with Crippen molar-refractivity contribution in [2.45, 2.75) is 87.2 Å². The van der Waals surface area contributed by atoms with Crippen LogP contribution in [0, 0.1) is 5.92 Å². The van der Waals surface area contributed by atoms with Gasteiger partial charge in [-0.2, -0.15) is 0 Å². The second-order valence-electron chi connectivity index (χ2n) is 8.96. The molecular weight excluding hydrogens is 460 g/mol. The van der Waals surface area contributed by atoms with Crippen LogP contribution in [0.1, 0.15) is 13.8 Å². The standard InChI is InChI=1S/C21H30O13/c1-7-5-10(23)21(34-20-17(29)14(26)12(24)8(2)31-20)3-4-30-18(11(7)21)33-19-16(28)15(27)13(25)9(6-22)32-19/h3-5,8-9,11-20,22,24-29H,6H2,1-2H3/t8-,9+,11-,12-,13+,14+,15-,16+,17+,18-,19-,20?,21+/m0/s1. The summed E-state index contributed by atoms with van der Waals surface area (Å²) >= 11 is 0. The molecular formula is C21H30O13. The minimum Gasteiger partial charge on any atom is -0.472 e. The van der Waals surface area contributed by atoms with Crippen LogP contribution in [0.3, 0.4) is 0 Å². The molecule has 2 saturated heterocycles. The van der Waals surface area contributed by atoms with E-state index in [0.29, 0.717) is 5.57 Å². The quantitative estimate of drug-likeness (QED) is 0.199. The monoisotopic (exact) mass is 490 g/mol. The van der Waals surface area contributed by atoms with Crippen LogP contribution in [-0.4, -0.2) is 121 Å². The number of carbonyl (C=O) groups is 1. The summed E-state index contributed by atoms with van der Waals surface area (Å²) in [5.41, 5.74) is -1.32. The molecule has 2 fully saturated rings.